The van der Waals surface area contributed by atoms with Gasteiger partial charge >= 0.3 is 0 Å². The van der Waals surface area contributed by atoms with Crippen molar-refractivity contribution in [2.24, 2.45) is 0 Å². The summed E-state index contributed by atoms with van der Waals surface area (Å²) in [5.41, 5.74) is 1.43. The number of hydrogen-bond acceptors (Lipinski definition) is 1. The van der Waals surface area contributed by atoms with Crippen LogP contribution < -0.4 is 5.32 Å². The van der Waals surface area contributed by atoms with Crippen LogP contribution in [0.2, 0.25) is 0 Å². The molecule has 0 aliphatic carbocycles. The van der Waals surface area contributed by atoms with Crippen molar-refractivity contribution in [2.45, 2.75) is 0 Å². The van der Waals surface area contributed by atoms with Crippen LogP contribution >= 0.6 is 0 Å². The molecule has 1 nitrogen and oxygen atoms in total. The third-order valence-corrected chi connectivity index (χ3v) is 2.05. The van der Waals surface area contributed by atoms with Gasteiger partial charge in [-0.05, 0) is 11.6 Å². The predicted octanol–water partition coefficient (Wildman–Crippen LogP) is 1.95. The molecular formula is C10H9F2N. The number of benzene rings is 1. The molecular weight excluding hydrogens is 172 g/mol. The summed E-state index contributed by atoms with van der Waals surface area (Å²) in [6.07, 6.45) is 1.69. The highest BCUT2D eigenvalue weighted by Gasteiger charge is 2.10. The molecule has 0 aromatic heterocycles. The van der Waals surface area contributed by atoms with Crippen LogP contribution in [0.5, 0.6) is 0 Å². The Bertz CT molecular complexity index is 352. The lowest BCUT2D eigenvalue weighted by Crippen LogP contribution is -2.33. The molecule has 0 saturated carbocycles. The molecule has 68 valence electrons. The maximum absolute atomic E-state index is 13.1. The standard InChI is InChI=1S/C10H9F2N/c11-9-3-1-2-8(10(9)12)4-7-5-13-6-7/h1-4,13H,5-6H2. The van der Waals surface area contributed by atoms with Crippen LogP contribution in [-0.2, 0) is 0 Å². The first-order valence-electron chi connectivity index (χ1n) is 4.11. The Kier molecular flexibility index (Phi) is 2.10. The average molecular weight is 181 g/mol. The molecule has 0 unspecified atom stereocenters. The summed E-state index contributed by atoms with van der Waals surface area (Å²) in [4.78, 5) is 0. The molecule has 1 fully saturated rings. The van der Waals surface area contributed by atoms with E-state index in [1.165, 1.54) is 6.07 Å². The van der Waals surface area contributed by atoms with Crippen molar-refractivity contribution in [3.8, 4) is 0 Å². The second-order valence-electron chi connectivity index (χ2n) is 3.05. The molecule has 13 heavy (non-hydrogen) atoms. The molecule has 1 aromatic carbocycles. The zero-order chi connectivity index (χ0) is 9.26. The molecule has 1 aromatic rings. The van der Waals surface area contributed by atoms with Gasteiger partial charge in [0.1, 0.15) is 0 Å². The van der Waals surface area contributed by atoms with Crippen molar-refractivity contribution in [1.29, 1.82) is 0 Å². The second-order valence-corrected chi connectivity index (χ2v) is 3.05. The van der Waals surface area contributed by atoms with Crippen molar-refractivity contribution in [3.05, 3.63) is 41.0 Å². The van der Waals surface area contributed by atoms with Crippen LogP contribution in [0.3, 0.4) is 0 Å². The highest BCUT2D eigenvalue weighted by atomic mass is 19.2. The molecule has 1 N–H and O–H groups in total. The van der Waals surface area contributed by atoms with Gasteiger partial charge in [0.2, 0.25) is 0 Å². The molecule has 0 bridgehead atoms. The summed E-state index contributed by atoms with van der Waals surface area (Å²) < 4.78 is 25.8. The van der Waals surface area contributed by atoms with Gasteiger partial charge in [-0.15, -0.1) is 0 Å². The number of nitrogens with one attached hydrogen (secondary N) is 1. The van der Waals surface area contributed by atoms with Gasteiger partial charge in [-0.2, -0.15) is 0 Å². The summed E-state index contributed by atoms with van der Waals surface area (Å²) in [5, 5.41) is 3.03. The average Bonchev–Trinajstić information content (AvgIpc) is 2.04. The fourth-order valence-electron chi connectivity index (χ4n) is 1.22. The molecule has 0 radical (unpaired) electrons. The molecule has 2 rings (SSSR count). The maximum Gasteiger partial charge on any atom is 0.166 e. The van der Waals surface area contributed by atoms with Gasteiger partial charge in [0.25, 0.3) is 0 Å². The molecule has 1 aliphatic rings. The summed E-state index contributed by atoms with van der Waals surface area (Å²) in [5.74, 6) is -1.55. The molecule has 3 heteroatoms. The minimum absolute atomic E-state index is 0.330. The van der Waals surface area contributed by atoms with Crippen molar-refractivity contribution in [2.75, 3.05) is 13.1 Å². The van der Waals surface area contributed by atoms with Crippen LogP contribution in [-0.4, -0.2) is 13.1 Å². The van der Waals surface area contributed by atoms with Crippen molar-refractivity contribution >= 4 is 6.08 Å². The zero-order valence-corrected chi connectivity index (χ0v) is 6.98. The Labute approximate surface area is 75.1 Å². The smallest absolute Gasteiger partial charge is 0.166 e. The van der Waals surface area contributed by atoms with Gasteiger partial charge in [0.05, 0.1) is 0 Å². The van der Waals surface area contributed by atoms with E-state index in [4.69, 9.17) is 0 Å². The van der Waals surface area contributed by atoms with E-state index in [0.29, 0.717) is 5.56 Å². The minimum Gasteiger partial charge on any atom is -0.309 e. The highest BCUT2D eigenvalue weighted by Crippen LogP contribution is 2.16. The second kappa shape index (κ2) is 3.26. The Balaban J connectivity index is 2.34. The van der Waals surface area contributed by atoms with Crippen LogP contribution in [0.25, 0.3) is 6.08 Å². The third kappa shape index (κ3) is 1.60. The molecule has 0 spiro atoms. The van der Waals surface area contributed by atoms with E-state index in [1.807, 2.05) is 0 Å². The van der Waals surface area contributed by atoms with Crippen LogP contribution in [0, 0.1) is 11.6 Å². The first-order valence-corrected chi connectivity index (χ1v) is 4.11. The van der Waals surface area contributed by atoms with E-state index in [-0.39, 0.29) is 0 Å². The summed E-state index contributed by atoms with van der Waals surface area (Å²) in [6, 6.07) is 4.21. The largest absolute Gasteiger partial charge is 0.309 e. The molecule has 1 heterocycles. The zero-order valence-electron chi connectivity index (χ0n) is 6.98. The van der Waals surface area contributed by atoms with Crippen molar-refractivity contribution < 1.29 is 8.78 Å². The number of rotatable bonds is 1. The number of halogens is 2. The molecule has 1 saturated heterocycles. The van der Waals surface area contributed by atoms with Gasteiger partial charge in [0.15, 0.2) is 11.6 Å². The molecule has 0 atom stereocenters. The van der Waals surface area contributed by atoms with Crippen molar-refractivity contribution in [1.82, 2.24) is 5.32 Å². The quantitative estimate of drug-likeness (QED) is 0.698. The van der Waals surface area contributed by atoms with E-state index in [1.54, 1.807) is 12.1 Å². The minimum atomic E-state index is -0.790. The van der Waals surface area contributed by atoms with Gasteiger partial charge < -0.3 is 5.32 Å². The fourth-order valence-corrected chi connectivity index (χ4v) is 1.22. The van der Waals surface area contributed by atoms with Gasteiger partial charge in [0, 0.05) is 18.7 Å². The van der Waals surface area contributed by atoms with E-state index in [0.717, 1.165) is 24.7 Å². The Morgan fingerprint density at radius 2 is 2.00 bits per heavy atom. The first kappa shape index (κ1) is 8.38. The maximum atomic E-state index is 13.1. The van der Waals surface area contributed by atoms with E-state index < -0.39 is 11.6 Å². The molecule has 1 aliphatic heterocycles. The lowest BCUT2D eigenvalue weighted by molar-refractivity contribution is 0.506. The first-order chi connectivity index (χ1) is 6.27. The Hall–Kier alpha value is -1.22. The van der Waals surface area contributed by atoms with E-state index in [9.17, 15) is 8.78 Å². The lowest BCUT2D eigenvalue weighted by atomic mass is 10.1. The Morgan fingerprint density at radius 1 is 1.23 bits per heavy atom. The van der Waals surface area contributed by atoms with Crippen LogP contribution in [0.4, 0.5) is 8.78 Å². The lowest BCUT2D eigenvalue weighted by Gasteiger charge is -2.18. The van der Waals surface area contributed by atoms with Crippen LogP contribution in [0.1, 0.15) is 5.56 Å². The molecule has 0 amide bonds. The topological polar surface area (TPSA) is 12.0 Å². The van der Waals surface area contributed by atoms with E-state index in [2.05, 4.69) is 5.32 Å². The monoisotopic (exact) mass is 181 g/mol. The van der Waals surface area contributed by atoms with Gasteiger partial charge in [-0.25, -0.2) is 8.78 Å². The summed E-state index contributed by atoms with van der Waals surface area (Å²) in [7, 11) is 0. The normalized spacial score (nSPS) is 15.4. The third-order valence-electron chi connectivity index (χ3n) is 2.05. The Morgan fingerprint density at radius 3 is 2.62 bits per heavy atom. The SMILES string of the molecule is Fc1cccc(C=C2CNC2)c1F. The van der Waals surface area contributed by atoms with Crippen molar-refractivity contribution in [3.63, 3.8) is 0 Å². The van der Waals surface area contributed by atoms with Gasteiger partial charge in [-0.1, -0.05) is 18.2 Å². The summed E-state index contributed by atoms with van der Waals surface area (Å²) >= 11 is 0. The van der Waals surface area contributed by atoms with E-state index >= 15 is 0 Å². The fraction of sp³-hybridized carbons (Fsp3) is 0.200. The summed E-state index contributed by atoms with van der Waals surface area (Å²) in [6.45, 7) is 1.55. The number of hydrogen-bond donors (Lipinski definition) is 1. The van der Waals surface area contributed by atoms with Gasteiger partial charge in [-0.3, -0.25) is 0 Å². The van der Waals surface area contributed by atoms with Crippen LogP contribution in [0.15, 0.2) is 23.8 Å². The predicted molar refractivity (Wildman–Crippen MR) is 47.2 cm³/mol. The highest BCUT2D eigenvalue weighted by molar-refractivity contribution is 5.55.